The van der Waals surface area contributed by atoms with E-state index in [-0.39, 0.29) is 11.4 Å². The predicted molar refractivity (Wildman–Crippen MR) is 93.6 cm³/mol. The van der Waals surface area contributed by atoms with Crippen molar-refractivity contribution in [1.82, 2.24) is 15.4 Å². The Morgan fingerprint density at radius 3 is 2.52 bits per heavy atom. The third kappa shape index (κ3) is 3.99. The molecule has 1 aromatic carbocycles. The number of hydrogen-bond acceptors (Lipinski definition) is 5. The van der Waals surface area contributed by atoms with E-state index in [0.717, 1.165) is 16.7 Å². The van der Waals surface area contributed by atoms with Crippen LogP contribution in [0.2, 0.25) is 0 Å². The van der Waals surface area contributed by atoms with E-state index in [1.54, 1.807) is 23.9 Å². The third-order valence-electron chi connectivity index (χ3n) is 3.40. The average Bonchev–Trinajstić information content (AvgIpc) is 2.66. The number of aromatic nitrogens is 2. The number of pyridine rings is 2. The summed E-state index contributed by atoms with van der Waals surface area (Å²) < 4.78 is 0. The Morgan fingerprint density at radius 1 is 1.08 bits per heavy atom. The summed E-state index contributed by atoms with van der Waals surface area (Å²) in [5.41, 5.74) is 10.5. The molecule has 1 amide bonds. The fourth-order valence-corrected chi connectivity index (χ4v) is 2.20. The molecule has 0 saturated carbocycles. The van der Waals surface area contributed by atoms with Gasteiger partial charge in [-0.15, -0.1) is 0 Å². The van der Waals surface area contributed by atoms with Gasteiger partial charge in [0.1, 0.15) is 5.82 Å². The van der Waals surface area contributed by atoms with E-state index in [9.17, 15) is 4.79 Å². The maximum Gasteiger partial charge on any atom is 0.274 e. The fraction of sp³-hybridized carbons (Fsp3) is 0. The van der Waals surface area contributed by atoms with Crippen LogP contribution in [0.3, 0.4) is 0 Å². The van der Waals surface area contributed by atoms with Gasteiger partial charge in [0.25, 0.3) is 5.91 Å². The normalized spacial score (nSPS) is 9.80. The number of carbonyl (C=O) groups excluding carboxylic acids is 1. The lowest BCUT2D eigenvalue weighted by Gasteiger charge is -2.06. The van der Waals surface area contributed by atoms with Crippen molar-refractivity contribution in [1.29, 1.82) is 0 Å². The summed E-state index contributed by atoms with van der Waals surface area (Å²) in [6.45, 7) is 0. The Labute approximate surface area is 144 Å². The van der Waals surface area contributed by atoms with E-state index >= 15 is 0 Å². The summed E-state index contributed by atoms with van der Waals surface area (Å²) in [5.74, 6) is 5.64. The van der Waals surface area contributed by atoms with Crippen molar-refractivity contribution in [3.63, 3.8) is 0 Å². The van der Waals surface area contributed by atoms with Gasteiger partial charge in [-0.2, -0.15) is 0 Å². The third-order valence-corrected chi connectivity index (χ3v) is 3.40. The molecule has 0 atom stereocenters. The van der Waals surface area contributed by atoms with E-state index in [2.05, 4.69) is 21.8 Å². The van der Waals surface area contributed by atoms with Crippen LogP contribution in [0.25, 0.3) is 11.3 Å². The van der Waals surface area contributed by atoms with E-state index in [1.807, 2.05) is 36.4 Å². The van der Waals surface area contributed by atoms with Crippen LogP contribution in [-0.2, 0) is 0 Å². The lowest BCUT2D eigenvalue weighted by Crippen LogP contribution is -2.19. The van der Waals surface area contributed by atoms with Crippen LogP contribution < -0.4 is 11.2 Å². The molecule has 2 aromatic heterocycles. The zero-order valence-electron chi connectivity index (χ0n) is 13.1. The van der Waals surface area contributed by atoms with Crippen LogP contribution in [-0.4, -0.2) is 21.1 Å². The monoisotopic (exact) mass is 330 g/mol. The largest absolute Gasteiger partial charge is 0.384 e. The highest BCUT2D eigenvalue weighted by Crippen LogP contribution is 2.20. The number of nitrogens with two attached hydrogens (primary N) is 1. The molecule has 0 fully saturated rings. The number of hydroxylamine groups is 1. The lowest BCUT2D eigenvalue weighted by atomic mass is 10.1. The van der Waals surface area contributed by atoms with Gasteiger partial charge < -0.3 is 5.73 Å². The standard InChI is InChI=1S/C19H14N4O2/c20-18-11-16(19(24)23-25)10-17(22-18)15-7-5-13(6-8-15)3-4-14-2-1-9-21-12-14/h1-2,5-12,25H,(H2,20,22)(H,23,24). The van der Waals surface area contributed by atoms with Crippen LogP contribution in [0.4, 0.5) is 5.82 Å². The summed E-state index contributed by atoms with van der Waals surface area (Å²) in [6.07, 6.45) is 3.40. The second-order valence-electron chi connectivity index (χ2n) is 5.18. The molecule has 0 aliphatic heterocycles. The molecule has 25 heavy (non-hydrogen) atoms. The zero-order valence-corrected chi connectivity index (χ0v) is 13.1. The summed E-state index contributed by atoms with van der Waals surface area (Å²) >= 11 is 0. The van der Waals surface area contributed by atoms with E-state index in [0.29, 0.717) is 5.69 Å². The van der Waals surface area contributed by atoms with Crippen molar-refractivity contribution in [3.8, 4) is 23.1 Å². The minimum atomic E-state index is -0.644. The van der Waals surface area contributed by atoms with Gasteiger partial charge >= 0.3 is 0 Å². The fourth-order valence-electron chi connectivity index (χ4n) is 2.20. The minimum Gasteiger partial charge on any atom is -0.384 e. The van der Waals surface area contributed by atoms with Crippen LogP contribution in [0.5, 0.6) is 0 Å². The molecule has 0 aliphatic rings. The van der Waals surface area contributed by atoms with Crippen molar-refractivity contribution < 1.29 is 10.0 Å². The van der Waals surface area contributed by atoms with Gasteiger partial charge in [0.15, 0.2) is 0 Å². The lowest BCUT2D eigenvalue weighted by molar-refractivity contribution is 0.0706. The highest BCUT2D eigenvalue weighted by Gasteiger charge is 2.09. The van der Waals surface area contributed by atoms with E-state index in [4.69, 9.17) is 10.9 Å². The number of rotatable bonds is 2. The molecule has 0 unspecified atom stereocenters. The molecule has 6 heteroatoms. The second kappa shape index (κ2) is 7.25. The van der Waals surface area contributed by atoms with Crippen LogP contribution in [0.1, 0.15) is 21.5 Å². The first kappa shape index (κ1) is 16.2. The van der Waals surface area contributed by atoms with Gasteiger partial charge in [0.2, 0.25) is 0 Å². The maximum absolute atomic E-state index is 11.6. The molecule has 0 bridgehead atoms. The van der Waals surface area contributed by atoms with Crippen molar-refractivity contribution in [2.24, 2.45) is 0 Å². The smallest absolute Gasteiger partial charge is 0.274 e. The predicted octanol–water partition coefficient (Wildman–Crippen LogP) is 2.24. The summed E-state index contributed by atoms with van der Waals surface area (Å²) in [6, 6.07) is 14.1. The number of nitrogens with one attached hydrogen (secondary N) is 1. The Kier molecular flexibility index (Phi) is 4.69. The second-order valence-corrected chi connectivity index (χ2v) is 5.18. The number of benzene rings is 1. The molecule has 2 heterocycles. The van der Waals surface area contributed by atoms with Crippen molar-refractivity contribution >= 4 is 11.7 Å². The molecule has 0 saturated heterocycles. The van der Waals surface area contributed by atoms with Gasteiger partial charge in [0, 0.05) is 34.6 Å². The number of hydrogen-bond donors (Lipinski definition) is 3. The van der Waals surface area contributed by atoms with Crippen LogP contribution in [0, 0.1) is 11.8 Å². The highest BCUT2D eigenvalue weighted by molar-refractivity contribution is 5.95. The Morgan fingerprint density at radius 2 is 1.84 bits per heavy atom. The first-order valence-corrected chi connectivity index (χ1v) is 7.40. The topological polar surface area (TPSA) is 101 Å². The number of anilines is 1. The maximum atomic E-state index is 11.6. The quantitative estimate of drug-likeness (QED) is 0.380. The average molecular weight is 330 g/mol. The molecule has 3 rings (SSSR count). The first-order valence-electron chi connectivity index (χ1n) is 7.40. The summed E-state index contributed by atoms with van der Waals surface area (Å²) in [5, 5.41) is 8.75. The zero-order chi connectivity index (χ0) is 17.6. The number of carbonyl (C=O) groups is 1. The summed E-state index contributed by atoms with van der Waals surface area (Å²) in [4.78, 5) is 19.8. The minimum absolute atomic E-state index is 0.191. The van der Waals surface area contributed by atoms with Gasteiger partial charge in [-0.05, 0) is 36.4 Å². The van der Waals surface area contributed by atoms with Gasteiger partial charge in [0.05, 0.1) is 5.69 Å². The number of nitrogen functional groups attached to an aromatic ring is 1. The molecule has 122 valence electrons. The SMILES string of the molecule is Nc1cc(C(=O)NO)cc(-c2ccc(C#Cc3cccnc3)cc2)n1. The molecule has 6 nitrogen and oxygen atoms in total. The van der Waals surface area contributed by atoms with Gasteiger partial charge in [-0.25, -0.2) is 10.5 Å². The Balaban J connectivity index is 1.87. The van der Waals surface area contributed by atoms with E-state index < -0.39 is 5.91 Å². The van der Waals surface area contributed by atoms with Crippen molar-refractivity contribution in [2.45, 2.75) is 0 Å². The molecule has 3 aromatic rings. The molecular weight excluding hydrogens is 316 g/mol. The van der Waals surface area contributed by atoms with Gasteiger partial charge in [-0.1, -0.05) is 24.0 Å². The number of nitrogens with zero attached hydrogens (tertiary/aromatic N) is 2. The van der Waals surface area contributed by atoms with Crippen molar-refractivity contribution in [2.75, 3.05) is 5.73 Å². The molecule has 0 aliphatic carbocycles. The van der Waals surface area contributed by atoms with Gasteiger partial charge in [-0.3, -0.25) is 15.0 Å². The molecule has 0 radical (unpaired) electrons. The Hall–Kier alpha value is -3.69. The molecule has 4 N–H and O–H groups in total. The van der Waals surface area contributed by atoms with Crippen LogP contribution >= 0.6 is 0 Å². The van der Waals surface area contributed by atoms with E-state index in [1.165, 1.54) is 6.07 Å². The Bertz CT molecular complexity index is 958. The molecular formula is C19H14N4O2. The van der Waals surface area contributed by atoms with Crippen molar-refractivity contribution in [3.05, 3.63) is 77.6 Å². The highest BCUT2D eigenvalue weighted by atomic mass is 16.5. The molecule has 0 spiro atoms. The van der Waals surface area contributed by atoms with Crippen LogP contribution in [0.15, 0.2) is 60.9 Å². The summed E-state index contributed by atoms with van der Waals surface area (Å²) in [7, 11) is 0. The first-order chi connectivity index (χ1) is 12.2. The number of amides is 1.